The molecule has 0 saturated carbocycles. The highest BCUT2D eigenvalue weighted by molar-refractivity contribution is 6.37. The Morgan fingerprint density at radius 2 is 1.86 bits per heavy atom. The highest BCUT2D eigenvalue weighted by Gasteiger charge is 2.23. The van der Waals surface area contributed by atoms with Crippen LogP contribution in [-0.4, -0.2) is 35.8 Å². The van der Waals surface area contributed by atoms with Crippen LogP contribution >= 0.6 is 23.2 Å². The van der Waals surface area contributed by atoms with Crippen molar-refractivity contribution < 1.29 is 14.4 Å². The van der Waals surface area contributed by atoms with Crippen LogP contribution in [0.5, 0.6) is 0 Å². The maximum Gasteiger partial charge on any atom is 0.379 e. The quantitative estimate of drug-likeness (QED) is 0.364. The summed E-state index contributed by atoms with van der Waals surface area (Å²) in [6.07, 6.45) is 0. The second kappa shape index (κ2) is 6.81. The lowest BCUT2D eigenvalue weighted by molar-refractivity contribution is -0.133. The molecule has 8 heteroatoms. The second-order valence-corrected chi connectivity index (χ2v) is 5.07. The average Bonchev–Trinajstić information content (AvgIpc) is 2.81. The molecule has 0 radical (unpaired) electrons. The normalized spacial score (nSPS) is 11.4. The summed E-state index contributed by atoms with van der Waals surface area (Å²) in [6, 6.07) is 7.02. The first-order valence-corrected chi connectivity index (χ1v) is 6.96. The summed E-state index contributed by atoms with van der Waals surface area (Å²) in [4.78, 5) is 16.5. The third kappa shape index (κ3) is 3.08. The first kappa shape index (κ1) is 16.3. The van der Waals surface area contributed by atoms with Gasteiger partial charge in [-0.15, -0.1) is 0 Å². The Morgan fingerprint density at radius 1 is 1.23 bits per heavy atom. The van der Waals surface area contributed by atoms with E-state index >= 15 is 0 Å². The molecule has 0 atom stereocenters. The van der Waals surface area contributed by atoms with Crippen LogP contribution < -0.4 is 0 Å². The summed E-state index contributed by atoms with van der Waals surface area (Å²) in [7, 11) is 2.57. The molecule has 0 N–H and O–H groups in total. The molecular formula is C14H13Cl2N3O3. The van der Waals surface area contributed by atoms with Crippen molar-refractivity contribution >= 4 is 35.0 Å². The number of esters is 1. The van der Waals surface area contributed by atoms with Gasteiger partial charge in [0, 0.05) is 10.6 Å². The zero-order chi connectivity index (χ0) is 16.3. The van der Waals surface area contributed by atoms with Gasteiger partial charge >= 0.3 is 5.97 Å². The molecule has 6 nitrogen and oxygen atoms in total. The highest BCUT2D eigenvalue weighted by atomic mass is 35.5. The van der Waals surface area contributed by atoms with Gasteiger partial charge in [0.1, 0.15) is 12.8 Å². The number of aromatic nitrogens is 2. The van der Waals surface area contributed by atoms with Crippen molar-refractivity contribution in [2.75, 3.05) is 14.2 Å². The summed E-state index contributed by atoms with van der Waals surface area (Å²) in [5.41, 5.74) is 1.80. The fraction of sp³-hybridized carbons (Fsp3) is 0.214. The molecule has 0 bridgehead atoms. The van der Waals surface area contributed by atoms with Crippen LogP contribution in [0.25, 0.3) is 11.3 Å². The van der Waals surface area contributed by atoms with Gasteiger partial charge in [0.2, 0.25) is 0 Å². The number of carbonyl (C=O) groups is 1. The number of benzene rings is 1. The standard InChI is InChI=1S/C14H13Cl2N3O3/c1-8-11(16)12(9-4-6-10(15)7-5-9)17-19(8)13(18-22-3)14(20)21-2/h4-7H,1-3H3. The van der Waals surface area contributed by atoms with Crippen LogP contribution in [0.15, 0.2) is 29.4 Å². The summed E-state index contributed by atoms with van der Waals surface area (Å²) in [5, 5.41) is 8.98. The minimum Gasteiger partial charge on any atom is -0.463 e. The zero-order valence-corrected chi connectivity index (χ0v) is 13.6. The number of nitrogens with zero attached hydrogens (tertiary/aromatic N) is 3. The monoisotopic (exact) mass is 341 g/mol. The first-order valence-electron chi connectivity index (χ1n) is 6.20. The molecule has 1 aromatic carbocycles. The summed E-state index contributed by atoms with van der Waals surface area (Å²) in [5.74, 6) is -0.809. The number of halogens is 2. The Bertz CT molecular complexity index is 724. The van der Waals surface area contributed by atoms with Gasteiger partial charge in [-0.2, -0.15) is 5.10 Å². The first-order chi connectivity index (χ1) is 10.5. The number of oxime groups is 1. The van der Waals surface area contributed by atoms with Gasteiger partial charge in [-0.1, -0.05) is 40.5 Å². The minimum absolute atomic E-state index is 0.121. The Balaban J connectivity index is 2.56. The van der Waals surface area contributed by atoms with Gasteiger partial charge in [0.15, 0.2) is 0 Å². The van der Waals surface area contributed by atoms with E-state index in [4.69, 9.17) is 23.2 Å². The van der Waals surface area contributed by atoms with E-state index in [1.54, 1.807) is 31.2 Å². The molecule has 0 amide bonds. The van der Waals surface area contributed by atoms with Gasteiger partial charge in [-0.05, 0) is 19.1 Å². The van der Waals surface area contributed by atoms with Gasteiger partial charge in [-0.25, -0.2) is 9.48 Å². The molecule has 0 unspecified atom stereocenters. The number of methoxy groups -OCH3 is 1. The van der Waals surface area contributed by atoms with Crippen molar-refractivity contribution in [2.24, 2.45) is 5.16 Å². The van der Waals surface area contributed by atoms with Crippen LogP contribution in [0, 0.1) is 6.92 Å². The van der Waals surface area contributed by atoms with Crippen LogP contribution in [-0.2, 0) is 14.4 Å². The van der Waals surface area contributed by atoms with Crippen molar-refractivity contribution in [3.05, 3.63) is 40.0 Å². The van der Waals surface area contributed by atoms with E-state index in [9.17, 15) is 4.79 Å². The minimum atomic E-state index is -0.688. The van der Waals surface area contributed by atoms with E-state index in [0.29, 0.717) is 21.4 Å². The molecule has 0 aliphatic rings. The van der Waals surface area contributed by atoms with Gasteiger partial charge < -0.3 is 9.57 Å². The number of rotatable bonds is 2. The average molecular weight is 342 g/mol. The number of carbonyl (C=O) groups excluding carboxylic acids is 1. The van der Waals surface area contributed by atoms with Crippen molar-refractivity contribution in [3.8, 4) is 11.3 Å². The Hall–Kier alpha value is -2.05. The van der Waals surface area contributed by atoms with Crippen molar-refractivity contribution in [1.29, 1.82) is 0 Å². The lowest BCUT2D eigenvalue weighted by Crippen LogP contribution is -2.26. The predicted molar refractivity (Wildman–Crippen MR) is 84.3 cm³/mol. The molecule has 0 spiro atoms. The highest BCUT2D eigenvalue weighted by Crippen LogP contribution is 2.30. The van der Waals surface area contributed by atoms with E-state index < -0.39 is 5.97 Å². The lowest BCUT2D eigenvalue weighted by Gasteiger charge is -2.05. The number of hydrogen-bond donors (Lipinski definition) is 0. The summed E-state index contributed by atoms with van der Waals surface area (Å²) >= 11 is 12.2. The smallest absolute Gasteiger partial charge is 0.379 e. The fourth-order valence-corrected chi connectivity index (χ4v) is 2.17. The molecule has 0 fully saturated rings. The zero-order valence-electron chi connectivity index (χ0n) is 12.1. The van der Waals surface area contributed by atoms with E-state index in [2.05, 4.69) is 19.8 Å². The molecule has 1 heterocycles. The Labute approximate surface area is 137 Å². The van der Waals surface area contributed by atoms with E-state index in [-0.39, 0.29) is 5.84 Å². The van der Waals surface area contributed by atoms with Gasteiger partial charge in [0.05, 0.1) is 17.8 Å². The van der Waals surface area contributed by atoms with E-state index in [1.165, 1.54) is 18.9 Å². The maximum absolute atomic E-state index is 11.8. The molecule has 0 aliphatic carbocycles. The lowest BCUT2D eigenvalue weighted by atomic mass is 10.1. The molecule has 1 aromatic heterocycles. The summed E-state index contributed by atoms with van der Waals surface area (Å²) in [6.45, 7) is 1.71. The topological polar surface area (TPSA) is 65.7 Å². The molecule has 0 aliphatic heterocycles. The predicted octanol–water partition coefficient (Wildman–Crippen LogP) is 3.15. The van der Waals surface area contributed by atoms with Crippen LogP contribution in [0.4, 0.5) is 0 Å². The molecule has 0 saturated heterocycles. The van der Waals surface area contributed by atoms with Crippen LogP contribution in [0.1, 0.15) is 5.69 Å². The number of ether oxygens (including phenoxy) is 1. The SMILES string of the molecule is CON=C(C(=O)OC)n1nc(-c2ccc(Cl)cc2)c(Cl)c1C. The van der Waals surface area contributed by atoms with Crippen LogP contribution in [0.3, 0.4) is 0 Å². The van der Waals surface area contributed by atoms with Crippen molar-refractivity contribution in [3.63, 3.8) is 0 Å². The largest absolute Gasteiger partial charge is 0.463 e. The maximum atomic E-state index is 11.8. The second-order valence-electron chi connectivity index (χ2n) is 4.26. The fourth-order valence-electron chi connectivity index (χ4n) is 1.82. The molecule has 2 aromatic rings. The third-order valence-electron chi connectivity index (χ3n) is 2.91. The molecule has 2 rings (SSSR count). The van der Waals surface area contributed by atoms with E-state index in [0.717, 1.165) is 5.56 Å². The van der Waals surface area contributed by atoms with E-state index in [1.807, 2.05) is 0 Å². The third-order valence-corrected chi connectivity index (χ3v) is 3.61. The van der Waals surface area contributed by atoms with Crippen molar-refractivity contribution in [2.45, 2.75) is 6.92 Å². The summed E-state index contributed by atoms with van der Waals surface area (Å²) < 4.78 is 5.95. The molecule has 116 valence electrons. The molecule has 22 heavy (non-hydrogen) atoms. The molecular weight excluding hydrogens is 329 g/mol. The Morgan fingerprint density at radius 3 is 2.41 bits per heavy atom. The van der Waals surface area contributed by atoms with Gasteiger partial charge in [0.25, 0.3) is 5.84 Å². The Kier molecular flexibility index (Phi) is 5.05. The van der Waals surface area contributed by atoms with Crippen LogP contribution in [0.2, 0.25) is 10.0 Å². The van der Waals surface area contributed by atoms with Gasteiger partial charge in [-0.3, -0.25) is 0 Å². The number of hydrogen-bond acceptors (Lipinski definition) is 5. The van der Waals surface area contributed by atoms with Crippen molar-refractivity contribution in [1.82, 2.24) is 9.78 Å².